The van der Waals surface area contributed by atoms with Crippen LogP contribution in [-0.4, -0.2) is 23.9 Å². The zero-order valence-electron chi connectivity index (χ0n) is 13.3. The van der Waals surface area contributed by atoms with Crippen LogP contribution in [0.15, 0.2) is 46.9 Å². The predicted octanol–water partition coefficient (Wildman–Crippen LogP) is 4.14. The van der Waals surface area contributed by atoms with E-state index in [1.54, 1.807) is 0 Å². The van der Waals surface area contributed by atoms with Crippen LogP contribution in [0.4, 0.5) is 5.69 Å². The van der Waals surface area contributed by atoms with Crippen molar-refractivity contribution in [3.05, 3.63) is 63.6 Å². The first-order chi connectivity index (χ1) is 11.1. The molecular weight excluding hydrogens is 352 g/mol. The molecule has 1 amide bonds. The van der Waals surface area contributed by atoms with E-state index in [0.717, 1.165) is 36.2 Å². The topological polar surface area (TPSA) is 32.3 Å². The number of carbonyl (C=O) groups excluding carboxylic acids is 1. The van der Waals surface area contributed by atoms with Crippen molar-refractivity contribution in [2.75, 3.05) is 18.4 Å². The molecule has 0 spiro atoms. The molecular formula is C19H21BrN2O. The molecule has 0 aliphatic carbocycles. The summed E-state index contributed by atoms with van der Waals surface area (Å²) in [6.45, 7) is 4.80. The summed E-state index contributed by atoms with van der Waals surface area (Å²) in [5.41, 5.74) is 4.84. The molecule has 23 heavy (non-hydrogen) atoms. The highest BCUT2D eigenvalue weighted by Crippen LogP contribution is 2.23. The largest absolute Gasteiger partial charge is 0.325 e. The van der Waals surface area contributed by atoms with Crippen LogP contribution in [-0.2, 0) is 17.8 Å². The van der Waals surface area contributed by atoms with Crippen molar-refractivity contribution in [2.45, 2.75) is 26.3 Å². The number of benzene rings is 2. The molecule has 0 atom stereocenters. The minimum absolute atomic E-state index is 0.0633. The highest BCUT2D eigenvalue weighted by Gasteiger charge is 2.16. The van der Waals surface area contributed by atoms with E-state index in [0.29, 0.717) is 6.42 Å². The van der Waals surface area contributed by atoms with Crippen molar-refractivity contribution in [2.24, 2.45) is 0 Å². The SMILES string of the molecule is Cc1ccc(NC(=O)CCN2CCc3ccccc3C2)c(Br)c1. The second-order valence-corrected chi connectivity index (χ2v) is 6.93. The molecule has 1 heterocycles. The van der Waals surface area contributed by atoms with Gasteiger partial charge in [0, 0.05) is 30.5 Å². The average molecular weight is 373 g/mol. The molecule has 0 bridgehead atoms. The predicted molar refractivity (Wildman–Crippen MR) is 97.5 cm³/mol. The van der Waals surface area contributed by atoms with Crippen molar-refractivity contribution in [1.82, 2.24) is 4.90 Å². The molecule has 0 saturated carbocycles. The van der Waals surface area contributed by atoms with Gasteiger partial charge in [-0.25, -0.2) is 0 Å². The summed E-state index contributed by atoms with van der Waals surface area (Å²) in [6.07, 6.45) is 1.59. The monoisotopic (exact) mass is 372 g/mol. The van der Waals surface area contributed by atoms with Crippen LogP contribution >= 0.6 is 15.9 Å². The minimum Gasteiger partial charge on any atom is -0.325 e. The number of nitrogens with zero attached hydrogens (tertiary/aromatic N) is 1. The highest BCUT2D eigenvalue weighted by atomic mass is 79.9. The fraction of sp³-hybridized carbons (Fsp3) is 0.316. The average Bonchev–Trinajstić information content (AvgIpc) is 2.55. The first kappa shape index (κ1) is 16.2. The molecule has 3 rings (SSSR count). The molecule has 4 heteroatoms. The third-order valence-corrected chi connectivity index (χ3v) is 4.92. The summed E-state index contributed by atoms with van der Waals surface area (Å²) in [6, 6.07) is 14.5. The van der Waals surface area contributed by atoms with Gasteiger partial charge in [-0.05, 0) is 58.1 Å². The summed E-state index contributed by atoms with van der Waals surface area (Å²) < 4.78 is 0.928. The summed E-state index contributed by atoms with van der Waals surface area (Å²) >= 11 is 3.50. The number of rotatable bonds is 4. The first-order valence-corrected chi connectivity index (χ1v) is 8.76. The number of fused-ring (bicyclic) bond motifs is 1. The molecule has 0 radical (unpaired) electrons. The van der Waals surface area contributed by atoms with Gasteiger partial charge in [-0.15, -0.1) is 0 Å². The highest BCUT2D eigenvalue weighted by molar-refractivity contribution is 9.10. The Morgan fingerprint density at radius 1 is 1.22 bits per heavy atom. The second kappa shape index (κ2) is 7.28. The van der Waals surface area contributed by atoms with Gasteiger partial charge in [-0.1, -0.05) is 30.3 Å². The molecule has 2 aromatic rings. The van der Waals surface area contributed by atoms with Gasteiger partial charge in [0.05, 0.1) is 5.69 Å². The maximum atomic E-state index is 12.2. The van der Waals surface area contributed by atoms with Crippen molar-refractivity contribution in [3.8, 4) is 0 Å². The van der Waals surface area contributed by atoms with Crippen molar-refractivity contribution in [1.29, 1.82) is 0 Å². The minimum atomic E-state index is 0.0633. The van der Waals surface area contributed by atoms with Gasteiger partial charge >= 0.3 is 0 Å². The quantitative estimate of drug-likeness (QED) is 0.874. The number of aryl methyl sites for hydroxylation is 1. The number of carbonyl (C=O) groups is 1. The van der Waals surface area contributed by atoms with Gasteiger partial charge in [-0.3, -0.25) is 9.69 Å². The van der Waals surface area contributed by atoms with Crippen LogP contribution in [0.5, 0.6) is 0 Å². The smallest absolute Gasteiger partial charge is 0.225 e. The lowest BCUT2D eigenvalue weighted by molar-refractivity contribution is -0.116. The Bertz CT molecular complexity index is 714. The van der Waals surface area contributed by atoms with Crippen LogP contribution in [0, 0.1) is 6.92 Å². The van der Waals surface area contributed by atoms with E-state index in [9.17, 15) is 4.79 Å². The van der Waals surface area contributed by atoms with Gasteiger partial charge in [0.2, 0.25) is 5.91 Å². The maximum Gasteiger partial charge on any atom is 0.225 e. The number of hydrogen-bond acceptors (Lipinski definition) is 2. The van der Waals surface area contributed by atoms with Gasteiger partial charge in [0.25, 0.3) is 0 Å². The Labute approximate surface area is 145 Å². The lowest BCUT2D eigenvalue weighted by Crippen LogP contribution is -2.33. The fourth-order valence-electron chi connectivity index (χ4n) is 2.94. The van der Waals surface area contributed by atoms with E-state index >= 15 is 0 Å². The number of anilines is 1. The third kappa shape index (κ3) is 4.21. The van der Waals surface area contributed by atoms with Gasteiger partial charge in [0.1, 0.15) is 0 Å². The Hall–Kier alpha value is -1.65. The normalized spacial score (nSPS) is 14.3. The Balaban J connectivity index is 1.52. The van der Waals surface area contributed by atoms with Crippen LogP contribution in [0.25, 0.3) is 0 Å². The molecule has 0 unspecified atom stereocenters. The molecule has 2 aromatic carbocycles. The van der Waals surface area contributed by atoms with Crippen LogP contribution < -0.4 is 5.32 Å². The lowest BCUT2D eigenvalue weighted by atomic mass is 10.00. The molecule has 0 saturated heterocycles. The van der Waals surface area contributed by atoms with Crippen molar-refractivity contribution in [3.63, 3.8) is 0 Å². The molecule has 3 nitrogen and oxygen atoms in total. The number of amides is 1. The Morgan fingerprint density at radius 3 is 2.78 bits per heavy atom. The Kier molecular flexibility index (Phi) is 5.13. The summed E-state index contributed by atoms with van der Waals surface area (Å²) in [4.78, 5) is 14.5. The summed E-state index contributed by atoms with van der Waals surface area (Å²) in [7, 11) is 0. The molecule has 1 aliphatic heterocycles. The van der Waals surface area contributed by atoms with Crippen LogP contribution in [0.2, 0.25) is 0 Å². The lowest BCUT2D eigenvalue weighted by Gasteiger charge is -2.28. The van der Waals surface area contributed by atoms with E-state index < -0.39 is 0 Å². The van der Waals surface area contributed by atoms with E-state index in [1.165, 1.54) is 16.7 Å². The second-order valence-electron chi connectivity index (χ2n) is 6.08. The number of nitrogens with one attached hydrogen (secondary N) is 1. The van der Waals surface area contributed by atoms with E-state index in [1.807, 2.05) is 25.1 Å². The van der Waals surface area contributed by atoms with Crippen molar-refractivity contribution < 1.29 is 4.79 Å². The van der Waals surface area contributed by atoms with Crippen molar-refractivity contribution >= 4 is 27.5 Å². The summed E-state index contributed by atoms with van der Waals surface area (Å²) in [5.74, 6) is 0.0633. The summed E-state index contributed by atoms with van der Waals surface area (Å²) in [5, 5.41) is 2.98. The maximum absolute atomic E-state index is 12.2. The van der Waals surface area contributed by atoms with E-state index in [4.69, 9.17) is 0 Å². The van der Waals surface area contributed by atoms with E-state index in [-0.39, 0.29) is 5.91 Å². The molecule has 1 N–H and O–H groups in total. The van der Waals surface area contributed by atoms with Gasteiger partial charge in [-0.2, -0.15) is 0 Å². The van der Waals surface area contributed by atoms with Crippen LogP contribution in [0.3, 0.4) is 0 Å². The molecule has 1 aliphatic rings. The standard InChI is InChI=1S/C19H21BrN2O/c1-14-6-7-18(17(20)12-14)21-19(23)9-11-22-10-8-15-4-2-3-5-16(15)13-22/h2-7,12H,8-11,13H2,1H3,(H,21,23). The third-order valence-electron chi connectivity index (χ3n) is 4.26. The number of hydrogen-bond donors (Lipinski definition) is 1. The van der Waals surface area contributed by atoms with Gasteiger partial charge < -0.3 is 5.32 Å². The number of halogens is 1. The molecule has 120 valence electrons. The zero-order valence-corrected chi connectivity index (χ0v) is 14.9. The molecule has 0 fully saturated rings. The van der Waals surface area contributed by atoms with Crippen LogP contribution in [0.1, 0.15) is 23.1 Å². The molecule has 0 aromatic heterocycles. The van der Waals surface area contributed by atoms with Gasteiger partial charge in [0.15, 0.2) is 0 Å². The fourth-order valence-corrected chi connectivity index (χ4v) is 3.53. The van der Waals surface area contributed by atoms with E-state index in [2.05, 4.69) is 50.4 Å². The zero-order chi connectivity index (χ0) is 16.2. The first-order valence-electron chi connectivity index (χ1n) is 7.97. The Morgan fingerprint density at radius 2 is 2.00 bits per heavy atom.